The Morgan fingerprint density at radius 1 is 0.703 bits per heavy atom. The second-order valence-electron chi connectivity index (χ2n) is 10.2. The monoisotopic (exact) mass is 535 g/mol. The van der Waals surface area contributed by atoms with Gasteiger partial charge in [0.05, 0.1) is 5.69 Å². The van der Waals surface area contributed by atoms with Crippen LogP contribution >= 0.6 is 0 Å². The van der Waals surface area contributed by atoms with Gasteiger partial charge in [0, 0.05) is 18.2 Å². The number of carbonyl (C=O) groups excluding carboxylic acids is 4. The SMILES string of the molecule is C[Si](C)(COc1cccc(C2C(=O)C=CC2=O)c1)O[Si](C)(C)COc1cccc(N2C(=O)C=CC2=O)c1. The van der Waals surface area contributed by atoms with Gasteiger partial charge in [-0.2, -0.15) is 0 Å². The second-order valence-corrected chi connectivity index (χ2v) is 18.6. The molecule has 0 radical (unpaired) electrons. The summed E-state index contributed by atoms with van der Waals surface area (Å²) in [5.41, 5.74) is 1.08. The number of nitrogens with zero attached hydrogens (tertiary/aromatic N) is 1. The zero-order chi connectivity index (χ0) is 26.8. The van der Waals surface area contributed by atoms with Gasteiger partial charge in [-0.25, -0.2) is 4.90 Å². The predicted octanol–water partition coefficient (Wildman–Crippen LogP) is 3.87. The van der Waals surface area contributed by atoms with Crippen LogP contribution in [-0.2, 0) is 23.3 Å². The van der Waals surface area contributed by atoms with Crippen molar-refractivity contribution in [2.45, 2.75) is 32.1 Å². The molecule has 2 aromatic carbocycles. The van der Waals surface area contributed by atoms with Crippen molar-refractivity contribution in [3.63, 3.8) is 0 Å². The highest BCUT2D eigenvalue weighted by molar-refractivity contribution is 6.84. The maximum atomic E-state index is 12.0. The molecule has 1 aliphatic carbocycles. The first-order valence-electron chi connectivity index (χ1n) is 11.9. The van der Waals surface area contributed by atoms with Gasteiger partial charge in [0.2, 0.25) is 16.6 Å². The normalized spacial score (nSPS) is 16.3. The summed E-state index contributed by atoms with van der Waals surface area (Å²) in [6, 6.07) is 13.9. The van der Waals surface area contributed by atoms with Crippen LogP contribution in [0.4, 0.5) is 5.69 Å². The van der Waals surface area contributed by atoms with Crippen LogP contribution in [0.15, 0.2) is 72.8 Å². The van der Waals surface area contributed by atoms with Gasteiger partial charge in [-0.1, -0.05) is 18.2 Å². The van der Waals surface area contributed by atoms with E-state index in [0.717, 1.165) is 4.90 Å². The molecule has 10 heteroatoms. The summed E-state index contributed by atoms with van der Waals surface area (Å²) in [6.45, 7) is 8.26. The van der Waals surface area contributed by atoms with Crippen LogP contribution in [0.2, 0.25) is 26.2 Å². The Balaban J connectivity index is 1.33. The van der Waals surface area contributed by atoms with Crippen molar-refractivity contribution < 1.29 is 32.8 Å². The molecule has 0 spiro atoms. The highest BCUT2D eigenvalue weighted by Crippen LogP contribution is 2.28. The van der Waals surface area contributed by atoms with Gasteiger partial charge in [-0.3, -0.25) is 19.2 Å². The minimum absolute atomic E-state index is 0.214. The second kappa shape index (κ2) is 10.4. The van der Waals surface area contributed by atoms with Gasteiger partial charge in [-0.05, 0) is 68.2 Å². The van der Waals surface area contributed by atoms with E-state index in [1.165, 1.54) is 24.3 Å². The third-order valence-electron chi connectivity index (χ3n) is 5.78. The van der Waals surface area contributed by atoms with Gasteiger partial charge >= 0.3 is 0 Å². The molecule has 0 N–H and O–H groups in total. The summed E-state index contributed by atoms with van der Waals surface area (Å²) in [5.74, 6) is -0.838. The molecule has 0 bridgehead atoms. The van der Waals surface area contributed by atoms with Crippen molar-refractivity contribution in [3.05, 3.63) is 78.4 Å². The zero-order valence-corrected chi connectivity index (χ0v) is 23.2. The fraction of sp³-hybridized carbons (Fsp3) is 0.259. The number of anilines is 1. The maximum Gasteiger partial charge on any atom is 0.258 e. The van der Waals surface area contributed by atoms with E-state index in [1.54, 1.807) is 48.5 Å². The topological polar surface area (TPSA) is 99.2 Å². The fourth-order valence-electron chi connectivity index (χ4n) is 4.30. The van der Waals surface area contributed by atoms with E-state index >= 15 is 0 Å². The Kier molecular flexibility index (Phi) is 7.44. The highest BCUT2D eigenvalue weighted by Gasteiger charge is 2.35. The molecule has 0 atom stereocenters. The third-order valence-corrected chi connectivity index (χ3v) is 11.9. The van der Waals surface area contributed by atoms with Crippen molar-refractivity contribution >= 4 is 45.7 Å². The molecule has 1 heterocycles. The number of hydrogen-bond acceptors (Lipinski definition) is 7. The van der Waals surface area contributed by atoms with Crippen molar-refractivity contribution in [2.24, 2.45) is 0 Å². The highest BCUT2D eigenvalue weighted by atomic mass is 28.4. The van der Waals surface area contributed by atoms with Crippen LogP contribution in [0.1, 0.15) is 11.5 Å². The molecule has 4 rings (SSSR count). The van der Waals surface area contributed by atoms with E-state index in [9.17, 15) is 19.2 Å². The number of benzene rings is 2. The quantitative estimate of drug-likeness (QED) is 0.259. The molecular formula is C27H29NO7Si2. The maximum absolute atomic E-state index is 12.0. The molecular weight excluding hydrogens is 506 g/mol. The zero-order valence-electron chi connectivity index (χ0n) is 21.2. The summed E-state index contributed by atoms with van der Waals surface area (Å²) in [4.78, 5) is 49.1. The molecule has 2 aromatic rings. The molecule has 0 unspecified atom stereocenters. The number of imide groups is 1. The van der Waals surface area contributed by atoms with Gasteiger partial charge < -0.3 is 13.6 Å². The van der Waals surface area contributed by atoms with E-state index in [2.05, 4.69) is 26.2 Å². The average molecular weight is 536 g/mol. The lowest BCUT2D eigenvalue weighted by atomic mass is 9.95. The molecule has 0 aromatic heterocycles. The summed E-state index contributed by atoms with van der Waals surface area (Å²) >= 11 is 0. The van der Waals surface area contributed by atoms with Gasteiger partial charge in [0.15, 0.2) is 11.6 Å². The van der Waals surface area contributed by atoms with Gasteiger partial charge in [0.25, 0.3) is 11.8 Å². The average Bonchev–Trinajstić information content (AvgIpc) is 3.36. The fourth-order valence-corrected chi connectivity index (χ4v) is 11.8. The van der Waals surface area contributed by atoms with Crippen LogP contribution in [0, 0.1) is 0 Å². The molecule has 0 saturated carbocycles. The van der Waals surface area contributed by atoms with Crippen LogP contribution in [0.3, 0.4) is 0 Å². The lowest BCUT2D eigenvalue weighted by Gasteiger charge is -2.33. The first-order chi connectivity index (χ1) is 17.4. The predicted molar refractivity (Wildman–Crippen MR) is 143 cm³/mol. The number of rotatable bonds is 10. The van der Waals surface area contributed by atoms with E-state index in [0.29, 0.717) is 35.2 Å². The largest absolute Gasteiger partial charge is 0.494 e. The molecule has 2 aliphatic rings. The molecule has 0 fully saturated rings. The summed E-state index contributed by atoms with van der Waals surface area (Å²) < 4.78 is 18.6. The number of carbonyl (C=O) groups is 4. The van der Waals surface area contributed by atoms with E-state index < -0.39 is 22.6 Å². The minimum Gasteiger partial charge on any atom is -0.494 e. The van der Waals surface area contributed by atoms with Crippen LogP contribution < -0.4 is 14.4 Å². The molecule has 1 aliphatic heterocycles. The standard InChI is InChI=1S/C27H29NO7Si2/c1-36(2,17-33-21-9-5-7-19(15-21)27-23(29)11-12-24(27)30)35-37(3,4)18-34-22-10-6-8-20(16-22)28-25(31)13-14-26(28)32/h5-16,27H,17-18H2,1-4H3. The molecule has 37 heavy (non-hydrogen) atoms. The van der Waals surface area contributed by atoms with E-state index in [-0.39, 0.29) is 23.4 Å². The van der Waals surface area contributed by atoms with Crippen molar-refractivity contribution in [3.8, 4) is 11.5 Å². The van der Waals surface area contributed by atoms with Crippen LogP contribution in [0.5, 0.6) is 11.5 Å². The Labute approximate surface area is 217 Å². The van der Waals surface area contributed by atoms with Gasteiger partial charge in [-0.15, -0.1) is 0 Å². The smallest absolute Gasteiger partial charge is 0.258 e. The Bertz CT molecular complexity index is 1180. The number of hydrogen-bond donors (Lipinski definition) is 0. The number of allylic oxidation sites excluding steroid dienone is 2. The Morgan fingerprint density at radius 3 is 1.78 bits per heavy atom. The number of ether oxygens (including phenoxy) is 2. The first kappa shape index (κ1) is 26.5. The lowest BCUT2D eigenvalue weighted by molar-refractivity contribution is -0.123. The van der Waals surface area contributed by atoms with E-state index in [1.807, 2.05) is 0 Å². The third kappa shape index (κ3) is 6.40. The molecule has 192 valence electrons. The van der Waals surface area contributed by atoms with Crippen LogP contribution in [0.25, 0.3) is 0 Å². The summed E-state index contributed by atoms with van der Waals surface area (Å²) in [7, 11) is -4.56. The summed E-state index contributed by atoms with van der Waals surface area (Å²) in [6.07, 6.45) is 5.89. The van der Waals surface area contributed by atoms with Crippen LogP contribution in [-0.4, -0.2) is 52.5 Å². The van der Waals surface area contributed by atoms with Gasteiger partial charge in [0.1, 0.15) is 29.9 Å². The molecule has 2 amide bonds. The van der Waals surface area contributed by atoms with E-state index in [4.69, 9.17) is 13.6 Å². The Hall–Kier alpha value is -3.61. The number of amides is 2. The number of ketones is 2. The minimum atomic E-state index is -2.28. The first-order valence-corrected chi connectivity index (χ1v) is 18.1. The van der Waals surface area contributed by atoms with Crippen molar-refractivity contribution in [2.75, 3.05) is 17.4 Å². The molecule has 8 nitrogen and oxygen atoms in total. The molecule has 0 saturated heterocycles. The summed E-state index contributed by atoms with van der Waals surface area (Å²) in [5, 5.41) is 0. The lowest BCUT2D eigenvalue weighted by Crippen LogP contribution is -2.51. The van der Waals surface area contributed by atoms with Crippen molar-refractivity contribution in [1.29, 1.82) is 0 Å². The Morgan fingerprint density at radius 2 is 1.22 bits per heavy atom. The van der Waals surface area contributed by atoms with Crippen molar-refractivity contribution in [1.82, 2.24) is 0 Å².